The maximum absolute atomic E-state index is 11.2. The van der Waals surface area contributed by atoms with Gasteiger partial charge in [-0.05, 0) is 12.0 Å². The van der Waals surface area contributed by atoms with Gasteiger partial charge in [0.05, 0.1) is 4.92 Å². The Labute approximate surface area is 117 Å². The molecular formula is C14H16N2O4. The van der Waals surface area contributed by atoms with Crippen LogP contribution in [-0.4, -0.2) is 22.0 Å². The van der Waals surface area contributed by atoms with Crippen molar-refractivity contribution in [3.05, 3.63) is 39.4 Å². The van der Waals surface area contributed by atoms with Crippen LogP contribution in [0.2, 0.25) is 0 Å². The molecule has 0 saturated carbocycles. The number of hydrogen-bond acceptors (Lipinski definition) is 4. The normalized spacial score (nSPS) is 11.6. The quantitative estimate of drug-likeness (QED) is 0.452. The minimum Gasteiger partial charge on any atom is -0.477 e. The number of carboxylic acids is 1. The molecule has 20 heavy (non-hydrogen) atoms. The number of carbonyl (C=O) groups is 1. The number of nitrogens with one attached hydrogen (secondary N) is 1. The first-order valence-electron chi connectivity index (χ1n) is 6.17. The Bertz CT molecular complexity index is 549. The maximum Gasteiger partial charge on any atom is 0.343 e. The summed E-state index contributed by atoms with van der Waals surface area (Å²) in [4.78, 5) is 21.4. The van der Waals surface area contributed by atoms with Gasteiger partial charge >= 0.3 is 5.97 Å². The number of hydrogen-bond donors (Lipinski definition) is 2. The first kappa shape index (κ1) is 15.7. The zero-order chi connectivity index (χ0) is 15.1. The number of aromatic carboxylic acids is 1. The highest BCUT2D eigenvalue weighted by atomic mass is 16.6. The van der Waals surface area contributed by atoms with Gasteiger partial charge in [0.25, 0.3) is 5.69 Å². The second kappa shape index (κ2) is 7.26. The third-order valence-corrected chi connectivity index (χ3v) is 2.98. The van der Waals surface area contributed by atoms with E-state index in [0.717, 1.165) is 6.42 Å². The fourth-order valence-corrected chi connectivity index (χ4v) is 1.89. The molecule has 0 aliphatic rings. The smallest absolute Gasteiger partial charge is 0.343 e. The van der Waals surface area contributed by atoms with Gasteiger partial charge in [-0.15, -0.1) is 12.3 Å². The average molecular weight is 276 g/mol. The summed E-state index contributed by atoms with van der Waals surface area (Å²) in [5, 5.41) is 23.1. The van der Waals surface area contributed by atoms with Crippen molar-refractivity contribution in [2.24, 2.45) is 0 Å². The molecule has 0 aliphatic heterocycles. The lowest BCUT2D eigenvalue weighted by Crippen LogP contribution is -2.28. The summed E-state index contributed by atoms with van der Waals surface area (Å²) in [6, 6.07) is 4.28. The molecule has 2 N–H and O–H groups in total. The maximum atomic E-state index is 11.2. The highest BCUT2D eigenvalue weighted by Crippen LogP contribution is 2.22. The molecule has 0 aromatic heterocycles. The standard InChI is InChI=1S/C14H16N2O4/c1-3-6-11(4-2)15-9-10-7-5-8-12(16(19)20)13(10)14(17)18/h1,5,7-8,11,15H,4,6,9H2,2H3,(H,17,18). The Hall–Kier alpha value is -2.39. The molecule has 0 heterocycles. The second-order valence-corrected chi connectivity index (χ2v) is 4.27. The Morgan fingerprint density at radius 3 is 2.80 bits per heavy atom. The number of nitro groups is 1. The van der Waals surface area contributed by atoms with Gasteiger partial charge < -0.3 is 10.4 Å². The molecular weight excluding hydrogens is 260 g/mol. The Balaban J connectivity index is 3.01. The summed E-state index contributed by atoms with van der Waals surface area (Å²) in [5.74, 6) is 1.23. The first-order valence-corrected chi connectivity index (χ1v) is 6.17. The van der Waals surface area contributed by atoms with E-state index in [1.807, 2.05) is 6.92 Å². The average Bonchev–Trinajstić information content (AvgIpc) is 2.42. The molecule has 0 fully saturated rings. The van der Waals surface area contributed by atoms with E-state index in [1.165, 1.54) is 12.1 Å². The first-order chi connectivity index (χ1) is 9.51. The van der Waals surface area contributed by atoms with Crippen LogP contribution in [0.1, 0.15) is 35.7 Å². The molecule has 0 saturated heterocycles. The van der Waals surface area contributed by atoms with E-state index in [0.29, 0.717) is 12.0 Å². The molecule has 0 radical (unpaired) electrons. The van der Waals surface area contributed by atoms with E-state index < -0.39 is 16.6 Å². The summed E-state index contributed by atoms with van der Waals surface area (Å²) < 4.78 is 0. The van der Waals surface area contributed by atoms with E-state index in [4.69, 9.17) is 11.5 Å². The molecule has 0 amide bonds. The summed E-state index contributed by atoms with van der Waals surface area (Å²) in [5.41, 5.74) is -0.301. The lowest BCUT2D eigenvalue weighted by molar-refractivity contribution is -0.385. The Morgan fingerprint density at radius 2 is 2.30 bits per heavy atom. The second-order valence-electron chi connectivity index (χ2n) is 4.27. The van der Waals surface area contributed by atoms with Crippen molar-refractivity contribution in [1.82, 2.24) is 5.32 Å². The van der Waals surface area contributed by atoms with Crippen LogP contribution in [0.25, 0.3) is 0 Å². The van der Waals surface area contributed by atoms with Crippen molar-refractivity contribution in [2.75, 3.05) is 0 Å². The van der Waals surface area contributed by atoms with Crippen molar-refractivity contribution >= 4 is 11.7 Å². The van der Waals surface area contributed by atoms with Crippen molar-refractivity contribution in [1.29, 1.82) is 0 Å². The fourth-order valence-electron chi connectivity index (χ4n) is 1.89. The number of nitro benzene ring substituents is 1. The van der Waals surface area contributed by atoms with Crippen LogP contribution in [0.3, 0.4) is 0 Å². The van der Waals surface area contributed by atoms with Crippen LogP contribution >= 0.6 is 0 Å². The molecule has 0 spiro atoms. The zero-order valence-electron chi connectivity index (χ0n) is 11.1. The summed E-state index contributed by atoms with van der Waals surface area (Å²) in [7, 11) is 0. The summed E-state index contributed by atoms with van der Waals surface area (Å²) in [6.07, 6.45) is 6.56. The van der Waals surface area contributed by atoms with E-state index in [1.54, 1.807) is 6.07 Å². The SMILES string of the molecule is C#CCC(CC)NCc1cccc([N+](=O)[O-])c1C(=O)O. The third kappa shape index (κ3) is 3.80. The molecule has 1 aromatic rings. The highest BCUT2D eigenvalue weighted by Gasteiger charge is 2.23. The number of benzene rings is 1. The number of rotatable bonds is 7. The minimum absolute atomic E-state index is 0.0564. The van der Waals surface area contributed by atoms with Crippen molar-refractivity contribution < 1.29 is 14.8 Å². The van der Waals surface area contributed by atoms with Crippen LogP contribution < -0.4 is 5.32 Å². The lowest BCUT2D eigenvalue weighted by atomic mass is 10.0. The van der Waals surface area contributed by atoms with E-state index in [2.05, 4.69) is 11.2 Å². The van der Waals surface area contributed by atoms with Crippen LogP contribution in [-0.2, 0) is 6.54 Å². The minimum atomic E-state index is -1.31. The van der Waals surface area contributed by atoms with Crippen LogP contribution in [0.4, 0.5) is 5.69 Å². The Kier molecular flexibility index (Phi) is 5.69. The van der Waals surface area contributed by atoms with E-state index in [-0.39, 0.29) is 18.2 Å². The van der Waals surface area contributed by atoms with E-state index >= 15 is 0 Å². The molecule has 106 valence electrons. The molecule has 1 rings (SSSR count). The van der Waals surface area contributed by atoms with Crippen molar-refractivity contribution in [2.45, 2.75) is 32.4 Å². The monoisotopic (exact) mass is 276 g/mol. The van der Waals surface area contributed by atoms with Gasteiger partial charge in [-0.25, -0.2) is 4.79 Å². The van der Waals surface area contributed by atoms with Gasteiger partial charge in [0, 0.05) is 25.1 Å². The summed E-state index contributed by atoms with van der Waals surface area (Å²) in [6.45, 7) is 2.18. The van der Waals surface area contributed by atoms with Crippen LogP contribution in [0.15, 0.2) is 18.2 Å². The largest absolute Gasteiger partial charge is 0.477 e. The number of nitrogens with zero attached hydrogens (tertiary/aromatic N) is 1. The van der Waals surface area contributed by atoms with E-state index in [9.17, 15) is 14.9 Å². The summed E-state index contributed by atoms with van der Waals surface area (Å²) >= 11 is 0. The lowest BCUT2D eigenvalue weighted by Gasteiger charge is -2.15. The topological polar surface area (TPSA) is 92.5 Å². The third-order valence-electron chi connectivity index (χ3n) is 2.98. The molecule has 1 atom stereocenters. The highest BCUT2D eigenvalue weighted by molar-refractivity contribution is 5.94. The molecule has 6 heteroatoms. The number of carboxylic acid groups (broad SMARTS) is 1. The fraction of sp³-hybridized carbons (Fsp3) is 0.357. The zero-order valence-corrected chi connectivity index (χ0v) is 11.1. The van der Waals surface area contributed by atoms with Gasteiger partial charge in [-0.2, -0.15) is 0 Å². The predicted molar refractivity (Wildman–Crippen MR) is 74.4 cm³/mol. The Morgan fingerprint density at radius 1 is 1.60 bits per heavy atom. The predicted octanol–water partition coefficient (Wildman–Crippen LogP) is 2.18. The molecule has 1 aromatic carbocycles. The van der Waals surface area contributed by atoms with Crippen LogP contribution in [0, 0.1) is 22.5 Å². The molecule has 1 unspecified atom stereocenters. The van der Waals surface area contributed by atoms with Gasteiger partial charge in [0.15, 0.2) is 0 Å². The molecule has 0 bridgehead atoms. The van der Waals surface area contributed by atoms with Crippen molar-refractivity contribution in [3.63, 3.8) is 0 Å². The van der Waals surface area contributed by atoms with Gasteiger partial charge in [-0.1, -0.05) is 19.1 Å². The van der Waals surface area contributed by atoms with Gasteiger partial charge in [0.2, 0.25) is 0 Å². The molecule has 0 aliphatic carbocycles. The van der Waals surface area contributed by atoms with Crippen LogP contribution in [0.5, 0.6) is 0 Å². The van der Waals surface area contributed by atoms with Gasteiger partial charge in [-0.3, -0.25) is 10.1 Å². The van der Waals surface area contributed by atoms with Gasteiger partial charge in [0.1, 0.15) is 5.56 Å². The van der Waals surface area contributed by atoms with Crippen molar-refractivity contribution in [3.8, 4) is 12.3 Å². The number of terminal acetylenes is 1. The molecule has 6 nitrogen and oxygen atoms in total.